The van der Waals surface area contributed by atoms with Gasteiger partial charge in [0.2, 0.25) is 0 Å². The molecule has 0 aromatic carbocycles. The molecule has 1 aromatic heterocycles. The molecule has 0 fully saturated rings. The number of unbranched alkanes of at least 4 members (excludes halogenated alkanes) is 1. The lowest BCUT2D eigenvalue weighted by Crippen LogP contribution is -2.34. The molecule has 1 rings (SSSR count). The van der Waals surface area contributed by atoms with E-state index in [9.17, 15) is 4.79 Å². The number of nitrogens with zero attached hydrogens (tertiary/aromatic N) is 1. The van der Waals surface area contributed by atoms with Crippen LogP contribution in [0.15, 0.2) is 10.9 Å². The third kappa shape index (κ3) is 4.40. The molecule has 1 atom stereocenters. The molecule has 0 aliphatic rings. The van der Waals surface area contributed by atoms with E-state index in [1.54, 1.807) is 5.51 Å². The lowest BCUT2D eigenvalue weighted by molar-refractivity contribution is -0.145. The van der Waals surface area contributed by atoms with Crippen LogP contribution in [-0.4, -0.2) is 23.6 Å². The molecule has 1 heterocycles. The maximum absolute atomic E-state index is 11.4. The fraction of sp³-hybridized carbons (Fsp3) is 0.600. The van der Waals surface area contributed by atoms with Crippen molar-refractivity contribution >= 4 is 17.3 Å². The first-order valence-electron chi connectivity index (χ1n) is 5.03. The Bertz CT molecular complexity index is 288. The number of esters is 1. The average molecular weight is 228 g/mol. The Morgan fingerprint density at radius 1 is 1.73 bits per heavy atom. The highest BCUT2D eigenvalue weighted by molar-refractivity contribution is 7.07. The average Bonchev–Trinajstić information content (AvgIpc) is 2.70. The monoisotopic (exact) mass is 228 g/mol. The number of aromatic nitrogens is 1. The minimum Gasteiger partial charge on any atom is -0.465 e. The van der Waals surface area contributed by atoms with Crippen LogP contribution in [0.3, 0.4) is 0 Å². The summed E-state index contributed by atoms with van der Waals surface area (Å²) in [5.41, 5.74) is 8.25. The van der Waals surface area contributed by atoms with Crippen molar-refractivity contribution in [3.8, 4) is 0 Å². The molecule has 0 saturated heterocycles. The Morgan fingerprint density at radius 2 is 2.53 bits per heavy atom. The van der Waals surface area contributed by atoms with Crippen molar-refractivity contribution in [2.45, 2.75) is 32.2 Å². The zero-order valence-electron chi connectivity index (χ0n) is 8.81. The summed E-state index contributed by atoms with van der Waals surface area (Å²) in [6, 6.07) is -0.594. The molecule has 15 heavy (non-hydrogen) atoms. The Hall–Kier alpha value is -0.940. The molecule has 4 nitrogen and oxygen atoms in total. The summed E-state index contributed by atoms with van der Waals surface area (Å²) >= 11 is 1.50. The van der Waals surface area contributed by atoms with Gasteiger partial charge in [-0.25, -0.2) is 4.98 Å². The first-order valence-corrected chi connectivity index (χ1v) is 5.97. The van der Waals surface area contributed by atoms with E-state index in [4.69, 9.17) is 10.5 Å². The normalized spacial score (nSPS) is 12.4. The van der Waals surface area contributed by atoms with E-state index < -0.39 is 6.04 Å². The first-order chi connectivity index (χ1) is 7.24. The van der Waals surface area contributed by atoms with Crippen molar-refractivity contribution in [2.24, 2.45) is 5.73 Å². The van der Waals surface area contributed by atoms with Crippen molar-refractivity contribution in [1.82, 2.24) is 4.98 Å². The maximum Gasteiger partial charge on any atom is 0.323 e. The molecular weight excluding hydrogens is 212 g/mol. The molecule has 0 saturated carbocycles. The van der Waals surface area contributed by atoms with Crippen LogP contribution in [0.5, 0.6) is 0 Å². The van der Waals surface area contributed by atoms with Gasteiger partial charge in [0.1, 0.15) is 6.04 Å². The predicted octanol–water partition coefficient (Wildman–Crippen LogP) is 1.36. The highest BCUT2D eigenvalue weighted by Gasteiger charge is 2.16. The number of carbonyl (C=O) groups excluding carboxylic acids is 1. The van der Waals surface area contributed by atoms with Crippen LogP contribution in [0.2, 0.25) is 0 Å². The molecule has 5 heteroatoms. The lowest BCUT2D eigenvalue weighted by atomic mass is 10.2. The van der Waals surface area contributed by atoms with Gasteiger partial charge in [0.15, 0.2) is 0 Å². The summed E-state index contributed by atoms with van der Waals surface area (Å²) in [7, 11) is 0. The predicted molar refractivity (Wildman–Crippen MR) is 59.7 cm³/mol. The van der Waals surface area contributed by atoms with Crippen LogP contribution in [0.1, 0.15) is 25.5 Å². The van der Waals surface area contributed by atoms with E-state index in [0.29, 0.717) is 13.0 Å². The number of nitrogens with two attached hydrogens (primary N) is 1. The van der Waals surface area contributed by atoms with Crippen LogP contribution in [0.25, 0.3) is 0 Å². The molecule has 0 amide bonds. The largest absolute Gasteiger partial charge is 0.465 e. The van der Waals surface area contributed by atoms with Gasteiger partial charge in [0, 0.05) is 11.8 Å². The second-order valence-corrected chi connectivity index (χ2v) is 4.03. The zero-order valence-corrected chi connectivity index (χ0v) is 9.63. The van der Waals surface area contributed by atoms with Gasteiger partial charge in [-0.1, -0.05) is 13.3 Å². The van der Waals surface area contributed by atoms with Gasteiger partial charge >= 0.3 is 5.97 Å². The van der Waals surface area contributed by atoms with Gasteiger partial charge in [-0.05, 0) is 6.42 Å². The van der Waals surface area contributed by atoms with Gasteiger partial charge < -0.3 is 10.5 Å². The number of hydrogen-bond acceptors (Lipinski definition) is 5. The van der Waals surface area contributed by atoms with Crippen LogP contribution in [0.4, 0.5) is 0 Å². The van der Waals surface area contributed by atoms with Crippen LogP contribution in [0, 0.1) is 0 Å². The molecular formula is C10H16N2O2S. The summed E-state index contributed by atoms with van der Waals surface area (Å²) in [5, 5.41) is 1.89. The van der Waals surface area contributed by atoms with Crippen LogP contribution < -0.4 is 5.73 Å². The molecule has 0 aliphatic heterocycles. The van der Waals surface area contributed by atoms with Gasteiger partial charge in [-0.15, -0.1) is 11.3 Å². The summed E-state index contributed by atoms with van der Waals surface area (Å²) in [6.07, 6.45) is 2.35. The van der Waals surface area contributed by atoms with Crippen LogP contribution in [-0.2, 0) is 16.0 Å². The van der Waals surface area contributed by atoms with Crippen molar-refractivity contribution in [1.29, 1.82) is 0 Å². The SMILES string of the molecule is CCCCOC(=O)C(N)Cc1cscn1. The summed E-state index contributed by atoms with van der Waals surface area (Å²) in [6.45, 7) is 2.50. The molecule has 2 N–H and O–H groups in total. The van der Waals surface area contributed by atoms with E-state index in [2.05, 4.69) is 4.98 Å². The minimum absolute atomic E-state index is 0.337. The molecule has 0 bridgehead atoms. The van der Waals surface area contributed by atoms with E-state index in [1.165, 1.54) is 11.3 Å². The standard InChI is InChI=1S/C10H16N2O2S/c1-2-3-4-14-10(13)9(11)5-8-6-15-7-12-8/h6-7,9H,2-5,11H2,1H3. The fourth-order valence-electron chi connectivity index (χ4n) is 1.07. The molecule has 0 radical (unpaired) electrons. The van der Waals surface area contributed by atoms with Gasteiger partial charge in [0.05, 0.1) is 17.8 Å². The second kappa shape index (κ2) is 6.53. The van der Waals surface area contributed by atoms with Crippen molar-refractivity contribution < 1.29 is 9.53 Å². The Kier molecular flexibility index (Phi) is 5.28. The Labute approximate surface area is 93.5 Å². The van der Waals surface area contributed by atoms with Crippen molar-refractivity contribution in [2.75, 3.05) is 6.61 Å². The number of rotatable bonds is 6. The number of thiazole rings is 1. The molecule has 0 spiro atoms. The third-order valence-corrected chi connectivity index (χ3v) is 2.59. The molecule has 1 unspecified atom stereocenters. The van der Waals surface area contributed by atoms with Crippen molar-refractivity contribution in [3.05, 3.63) is 16.6 Å². The van der Waals surface area contributed by atoms with E-state index >= 15 is 0 Å². The summed E-state index contributed by atoms with van der Waals surface area (Å²) < 4.78 is 5.00. The Morgan fingerprint density at radius 3 is 3.13 bits per heavy atom. The maximum atomic E-state index is 11.4. The highest BCUT2D eigenvalue weighted by Crippen LogP contribution is 2.04. The number of carbonyl (C=O) groups is 1. The number of hydrogen-bond donors (Lipinski definition) is 1. The zero-order chi connectivity index (χ0) is 11.1. The minimum atomic E-state index is -0.594. The van der Waals surface area contributed by atoms with Gasteiger partial charge in [-0.3, -0.25) is 4.79 Å². The quantitative estimate of drug-likeness (QED) is 0.589. The van der Waals surface area contributed by atoms with E-state index in [-0.39, 0.29) is 5.97 Å². The van der Waals surface area contributed by atoms with E-state index in [0.717, 1.165) is 18.5 Å². The highest BCUT2D eigenvalue weighted by atomic mass is 32.1. The first kappa shape index (κ1) is 12.1. The summed E-state index contributed by atoms with van der Waals surface area (Å²) in [5.74, 6) is -0.337. The number of ether oxygens (including phenoxy) is 1. The van der Waals surface area contributed by atoms with Gasteiger partial charge in [0.25, 0.3) is 0 Å². The van der Waals surface area contributed by atoms with Gasteiger partial charge in [-0.2, -0.15) is 0 Å². The molecule has 84 valence electrons. The molecule has 0 aliphatic carbocycles. The lowest BCUT2D eigenvalue weighted by Gasteiger charge is -2.09. The van der Waals surface area contributed by atoms with Crippen LogP contribution >= 0.6 is 11.3 Å². The third-order valence-electron chi connectivity index (χ3n) is 1.96. The van der Waals surface area contributed by atoms with Crippen molar-refractivity contribution in [3.63, 3.8) is 0 Å². The molecule has 1 aromatic rings. The topological polar surface area (TPSA) is 65.2 Å². The Balaban J connectivity index is 2.27. The second-order valence-electron chi connectivity index (χ2n) is 3.31. The fourth-order valence-corrected chi connectivity index (χ4v) is 1.64. The summed E-state index contributed by atoms with van der Waals surface area (Å²) in [4.78, 5) is 15.4. The van der Waals surface area contributed by atoms with E-state index in [1.807, 2.05) is 12.3 Å². The smallest absolute Gasteiger partial charge is 0.323 e.